The van der Waals surface area contributed by atoms with Crippen LogP contribution in [-0.4, -0.2) is 27.8 Å². The van der Waals surface area contributed by atoms with Crippen molar-refractivity contribution in [2.24, 2.45) is 17.6 Å². The quantitative estimate of drug-likeness (QED) is 0.845. The lowest BCUT2D eigenvalue weighted by Gasteiger charge is -2.45. The molecule has 28 heavy (non-hydrogen) atoms. The van der Waals surface area contributed by atoms with E-state index in [1.807, 2.05) is 6.92 Å². The third-order valence-electron chi connectivity index (χ3n) is 5.61. The summed E-state index contributed by atoms with van der Waals surface area (Å²) >= 11 is 0. The molecular formula is C20H22FN5O2. The lowest BCUT2D eigenvalue weighted by Crippen LogP contribution is -2.51. The SMILES string of the molecule is CC(=O)N1c2ccc(F)cc2[C@H](Nc2nccnc2C(N)=O)[C@@H](C)[C@@H]1C1CC1. The minimum absolute atomic E-state index is 0.0124. The maximum atomic E-state index is 14.1. The number of fused-ring (bicyclic) bond motifs is 1. The van der Waals surface area contributed by atoms with Crippen LogP contribution in [0.15, 0.2) is 30.6 Å². The van der Waals surface area contributed by atoms with Gasteiger partial charge in [-0.25, -0.2) is 14.4 Å². The molecule has 1 aliphatic heterocycles. The second-order valence-electron chi connectivity index (χ2n) is 7.52. The molecule has 4 rings (SSSR count). The van der Waals surface area contributed by atoms with Gasteiger partial charge in [0.1, 0.15) is 5.82 Å². The van der Waals surface area contributed by atoms with E-state index >= 15 is 0 Å². The largest absolute Gasteiger partial charge is 0.364 e. The van der Waals surface area contributed by atoms with Crippen LogP contribution in [0.25, 0.3) is 0 Å². The molecule has 0 saturated heterocycles. The molecule has 2 aromatic rings. The molecule has 146 valence electrons. The van der Waals surface area contributed by atoms with Crippen molar-refractivity contribution in [3.05, 3.63) is 47.7 Å². The molecule has 3 N–H and O–H groups in total. The molecule has 1 aliphatic carbocycles. The summed E-state index contributed by atoms with van der Waals surface area (Å²) in [5.41, 5.74) is 6.80. The van der Waals surface area contributed by atoms with Gasteiger partial charge in [-0.3, -0.25) is 9.59 Å². The van der Waals surface area contributed by atoms with Crippen molar-refractivity contribution in [1.82, 2.24) is 9.97 Å². The van der Waals surface area contributed by atoms with E-state index in [2.05, 4.69) is 15.3 Å². The standard InChI is InChI=1S/C20H22FN5O2/c1-10-16(25-20-17(19(22)28)23-7-8-24-20)14-9-13(21)5-6-15(14)26(11(2)27)18(10)12-3-4-12/h5-10,12,16,18H,3-4H2,1-2H3,(H2,22,28)(H,24,25)/t10-,16-,18-/m1/s1. The highest BCUT2D eigenvalue weighted by molar-refractivity contribution is 5.96. The minimum Gasteiger partial charge on any atom is -0.364 e. The van der Waals surface area contributed by atoms with Crippen LogP contribution in [0.1, 0.15) is 48.8 Å². The second kappa shape index (κ2) is 6.85. The van der Waals surface area contributed by atoms with Crippen molar-refractivity contribution in [1.29, 1.82) is 0 Å². The number of carbonyl (C=O) groups excluding carboxylic acids is 2. The third kappa shape index (κ3) is 3.08. The first-order valence-electron chi connectivity index (χ1n) is 9.35. The van der Waals surface area contributed by atoms with Crippen molar-refractivity contribution >= 4 is 23.3 Å². The summed E-state index contributed by atoms with van der Waals surface area (Å²) < 4.78 is 14.1. The van der Waals surface area contributed by atoms with Crippen molar-refractivity contribution in [3.8, 4) is 0 Å². The van der Waals surface area contributed by atoms with Gasteiger partial charge < -0.3 is 16.0 Å². The summed E-state index contributed by atoms with van der Waals surface area (Å²) in [6.07, 6.45) is 4.97. The summed E-state index contributed by atoms with van der Waals surface area (Å²) in [6, 6.07) is 4.09. The number of anilines is 2. The first-order chi connectivity index (χ1) is 13.4. The molecule has 1 aromatic heterocycles. The fraction of sp³-hybridized carbons (Fsp3) is 0.400. The number of aromatic nitrogens is 2. The van der Waals surface area contributed by atoms with Gasteiger partial charge in [0.15, 0.2) is 11.5 Å². The van der Waals surface area contributed by atoms with Crippen LogP contribution in [0.3, 0.4) is 0 Å². The highest BCUT2D eigenvalue weighted by Gasteiger charge is 2.47. The zero-order valence-electron chi connectivity index (χ0n) is 15.7. The number of amides is 2. The molecule has 1 saturated carbocycles. The van der Waals surface area contributed by atoms with Crippen LogP contribution in [0.4, 0.5) is 15.9 Å². The van der Waals surface area contributed by atoms with E-state index in [0.29, 0.717) is 17.2 Å². The number of nitrogens with two attached hydrogens (primary N) is 1. The zero-order chi connectivity index (χ0) is 20.0. The van der Waals surface area contributed by atoms with Gasteiger partial charge in [-0.05, 0) is 37.0 Å². The fourth-order valence-corrected chi connectivity index (χ4v) is 4.31. The molecule has 0 radical (unpaired) electrons. The highest BCUT2D eigenvalue weighted by atomic mass is 19.1. The van der Waals surface area contributed by atoms with Crippen LogP contribution in [0.2, 0.25) is 0 Å². The molecule has 1 fully saturated rings. The van der Waals surface area contributed by atoms with Gasteiger partial charge in [0.25, 0.3) is 5.91 Å². The summed E-state index contributed by atoms with van der Waals surface area (Å²) in [6.45, 7) is 3.57. The summed E-state index contributed by atoms with van der Waals surface area (Å²) in [5.74, 6) is -0.518. The highest BCUT2D eigenvalue weighted by Crippen LogP contribution is 2.50. The van der Waals surface area contributed by atoms with Crippen molar-refractivity contribution in [2.75, 3.05) is 10.2 Å². The maximum Gasteiger partial charge on any atom is 0.271 e. The Morgan fingerprint density at radius 1 is 1.25 bits per heavy atom. The Hall–Kier alpha value is -3.03. The Balaban J connectivity index is 1.82. The van der Waals surface area contributed by atoms with E-state index < -0.39 is 5.91 Å². The topological polar surface area (TPSA) is 101 Å². The van der Waals surface area contributed by atoms with E-state index in [4.69, 9.17) is 5.73 Å². The number of hydrogen-bond acceptors (Lipinski definition) is 5. The predicted molar refractivity (Wildman–Crippen MR) is 102 cm³/mol. The first-order valence-corrected chi connectivity index (χ1v) is 9.35. The van der Waals surface area contributed by atoms with Gasteiger partial charge in [0, 0.05) is 42.5 Å². The number of benzene rings is 1. The Morgan fingerprint density at radius 2 is 1.96 bits per heavy atom. The normalized spacial score (nSPS) is 23.8. The summed E-state index contributed by atoms with van der Waals surface area (Å²) in [7, 11) is 0. The molecule has 7 nitrogen and oxygen atoms in total. The van der Waals surface area contributed by atoms with Gasteiger partial charge in [-0.1, -0.05) is 6.92 Å². The van der Waals surface area contributed by atoms with Gasteiger partial charge in [0.2, 0.25) is 5.91 Å². The average Bonchev–Trinajstić information content (AvgIpc) is 3.48. The number of primary amides is 1. The Labute approximate surface area is 162 Å². The smallest absolute Gasteiger partial charge is 0.271 e. The monoisotopic (exact) mass is 383 g/mol. The molecule has 2 aliphatic rings. The zero-order valence-corrected chi connectivity index (χ0v) is 15.7. The number of carbonyl (C=O) groups is 2. The first kappa shape index (κ1) is 18.3. The molecule has 1 aromatic carbocycles. The number of nitrogens with zero attached hydrogens (tertiary/aromatic N) is 3. The Kier molecular flexibility index (Phi) is 4.49. The molecular weight excluding hydrogens is 361 g/mol. The van der Waals surface area contributed by atoms with Crippen LogP contribution >= 0.6 is 0 Å². The van der Waals surface area contributed by atoms with Crippen molar-refractivity contribution in [3.63, 3.8) is 0 Å². The van der Waals surface area contributed by atoms with Crippen molar-refractivity contribution < 1.29 is 14.0 Å². The molecule has 3 atom stereocenters. The van der Waals surface area contributed by atoms with E-state index in [1.54, 1.807) is 11.0 Å². The second-order valence-corrected chi connectivity index (χ2v) is 7.52. The van der Waals surface area contributed by atoms with E-state index in [-0.39, 0.29) is 41.2 Å². The summed E-state index contributed by atoms with van der Waals surface area (Å²) in [5, 5.41) is 3.26. The lowest BCUT2D eigenvalue weighted by atomic mass is 9.80. The van der Waals surface area contributed by atoms with Crippen LogP contribution in [0, 0.1) is 17.7 Å². The van der Waals surface area contributed by atoms with Gasteiger partial charge in [0.05, 0.1) is 6.04 Å². The van der Waals surface area contributed by atoms with Gasteiger partial charge >= 0.3 is 0 Å². The molecule has 0 bridgehead atoms. The molecule has 0 spiro atoms. The molecule has 0 unspecified atom stereocenters. The van der Waals surface area contributed by atoms with Crippen LogP contribution < -0.4 is 16.0 Å². The number of rotatable bonds is 4. The van der Waals surface area contributed by atoms with Crippen LogP contribution in [-0.2, 0) is 4.79 Å². The molecule has 8 heteroatoms. The predicted octanol–water partition coefficient (Wildman–Crippen LogP) is 2.65. The van der Waals surface area contributed by atoms with Gasteiger partial charge in [-0.2, -0.15) is 0 Å². The van der Waals surface area contributed by atoms with E-state index in [0.717, 1.165) is 12.8 Å². The number of hydrogen-bond donors (Lipinski definition) is 2. The maximum absolute atomic E-state index is 14.1. The van der Waals surface area contributed by atoms with E-state index in [1.165, 1.54) is 31.5 Å². The number of nitrogens with one attached hydrogen (secondary N) is 1. The third-order valence-corrected chi connectivity index (χ3v) is 5.61. The molecule has 2 heterocycles. The fourth-order valence-electron chi connectivity index (χ4n) is 4.31. The number of halogens is 1. The molecule has 2 amide bonds. The van der Waals surface area contributed by atoms with Gasteiger partial charge in [-0.15, -0.1) is 0 Å². The average molecular weight is 383 g/mol. The summed E-state index contributed by atoms with van der Waals surface area (Å²) in [4.78, 5) is 34.2. The lowest BCUT2D eigenvalue weighted by molar-refractivity contribution is -0.117. The Morgan fingerprint density at radius 3 is 2.61 bits per heavy atom. The van der Waals surface area contributed by atoms with Crippen molar-refractivity contribution in [2.45, 2.75) is 38.8 Å². The minimum atomic E-state index is -0.692. The van der Waals surface area contributed by atoms with E-state index in [9.17, 15) is 14.0 Å². The Bertz CT molecular complexity index is 946. The van der Waals surface area contributed by atoms with Crippen LogP contribution in [0.5, 0.6) is 0 Å².